The number of nitrogens with one attached hydrogen (secondary N) is 1. The zero-order valence-electron chi connectivity index (χ0n) is 15.3. The van der Waals surface area contributed by atoms with E-state index in [1.807, 2.05) is 38.2 Å². The van der Waals surface area contributed by atoms with Gasteiger partial charge in [0.2, 0.25) is 0 Å². The highest BCUT2D eigenvalue weighted by atomic mass is 79.9. The zero-order valence-corrected chi connectivity index (χ0v) is 16.9. The molecule has 27 heavy (non-hydrogen) atoms. The van der Waals surface area contributed by atoms with E-state index >= 15 is 0 Å². The number of benzene rings is 1. The van der Waals surface area contributed by atoms with Crippen LogP contribution in [0.5, 0.6) is 0 Å². The Morgan fingerprint density at radius 2 is 2.15 bits per heavy atom. The first-order valence-electron chi connectivity index (χ1n) is 8.98. The highest BCUT2D eigenvalue weighted by Gasteiger charge is 2.25. The lowest BCUT2D eigenvalue weighted by Crippen LogP contribution is -2.48. The lowest BCUT2D eigenvalue weighted by Gasteiger charge is -2.34. The Balaban J connectivity index is 1.53. The molecule has 2 aromatic heterocycles. The van der Waals surface area contributed by atoms with Crippen molar-refractivity contribution in [1.82, 2.24) is 25.1 Å². The zero-order chi connectivity index (χ0) is 19.0. The molecule has 1 aliphatic rings. The molecule has 1 N–H and O–H groups in total. The van der Waals surface area contributed by atoms with E-state index in [9.17, 15) is 4.79 Å². The van der Waals surface area contributed by atoms with Crippen molar-refractivity contribution in [1.29, 1.82) is 0 Å². The van der Waals surface area contributed by atoms with Gasteiger partial charge in [0, 0.05) is 41.7 Å². The Kier molecular flexibility index (Phi) is 4.82. The average molecular weight is 429 g/mol. The number of halogens is 1. The van der Waals surface area contributed by atoms with Crippen LogP contribution in [0.2, 0.25) is 0 Å². The lowest BCUT2D eigenvalue weighted by atomic mass is 10.0. The van der Waals surface area contributed by atoms with Crippen LogP contribution in [-0.2, 0) is 7.05 Å². The SMILES string of the molecule is Cc1cc(C(=O)NC2CCCN(c3ncnc4ccc(Br)cc34)C2)nn1C. The van der Waals surface area contributed by atoms with Crippen LogP contribution in [0.1, 0.15) is 29.0 Å². The molecule has 1 saturated heterocycles. The number of anilines is 1. The van der Waals surface area contributed by atoms with E-state index < -0.39 is 0 Å². The van der Waals surface area contributed by atoms with Crippen LogP contribution in [0.3, 0.4) is 0 Å². The number of nitrogens with zero attached hydrogens (tertiary/aromatic N) is 5. The van der Waals surface area contributed by atoms with E-state index in [1.54, 1.807) is 11.0 Å². The number of aryl methyl sites for hydroxylation is 2. The maximum Gasteiger partial charge on any atom is 0.272 e. The summed E-state index contributed by atoms with van der Waals surface area (Å²) >= 11 is 3.53. The van der Waals surface area contributed by atoms with Gasteiger partial charge < -0.3 is 10.2 Å². The third-order valence-corrected chi connectivity index (χ3v) is 5.47. The molecule has 0 saturated carbocycles. The Labute approximate surface area is 165 Å². The molecule has 1 unspecified atom stereocenters. The monoisotopic (exact) mass is 428 g/mol. The molecule has 1 fully saturated rings. The smallest absolute Gasteiger partial charge is 0.272 e. The summed E-state index contributed by atoms with van der Waals surface area (Å²) in [6.45, 7) is 3.56. The highest BCUT2D eigenvalue weighted by Crippen LogP contribution is 2.28. The van der Waals surface area contributed by atoms with E-state index in [4.69, 9.17) is 0 Å². The summed E-state index contributed by atoms with van der Waals surface area (Å²) in [6, 6.07) is 7.88. The Hall–Kier alpha value is -2.48. The molecule has 0 bridgehead atoms. The number of carbonyl (C=O) groups is 1. The average Bonchev–Trinajstić information content (AvgIpc) is 3.00. The topological polar surface area (TPSA) is 75.9 Å². The Bertz CT molecular complexity index is 982. The predicted molar refractivity (Wildman–Crippen MR) is 108 cm³/mol. The van der Waals surface area contributed by atoms with Crippen LogP contribution in [0.4, 0.5) is 5.82 Å². The van der Waals surface area contributed by atoms with E-state index in [0.717, 1.165) is 52.8 Å². The van der Waals surface area contributed by atoms with Crippen molar-refractivity contribution < 1.29 is 4.79 Å². The maximum absolute atomic E-state index is 12.5. The minimum absolute atomic E-state index is 0.0609. The molecule has 1 aliphatic heterocycles. The molecule has 0 radical (unpaired) electrons. The summed E-state index contributed by atoms with van der Waals surface area (Å²) in [5.74, 6) is 0.787. The Morgan fingerprint density at radius 1 is 1.30 bits per heavy atom. The molecule has 1 aromatic carbocycles. The summed E-state index contributed by atoms with van der Waals surface area (Å²) in [5, 5.41) is 8.41. The van der Waals surface area contributed by atoms with Crippen LogP contribution in [-0.4, -0.2) is 44.8 Å². The molecular formula is C19H21BrN6O. The molecular weight excluding hydrogens is 408 g/mol. The van der Waals surface area contributed by atoms with Gasteiger partial charge in [0.15, 0.2) is 0 Å². The quantitative estimate of drug-likeness (QED) is 0.693. The van der Waals surface area contributed by atoms with E-state index in [-0.39, 0.29) is 11.9 Å². The lowest BCUT2D eigenvalue weighted by molar-refractivity contribution is 0.0927. The molecule has 0 aliphatic carbocycles. The van der Waals surface area contributed by atoms with Crippen LogP contribution in [0.15, 0.2) is 35.1 Å². The summed E-state index contributed by atoms with van der Waals surface area (Å²) in [4.78, 5) is 23.7. The summed E-state index contributed by atoms with van der Waals surface area (Å²) in [6.07, 6.45) is 3.54. The van der Waals surface area contributed by atoms with Crippen molar-refractivity contribution in [2.45, 2.75) is 25.8 Å². The van der Waals surface area contributed by atoms with Gasteiger partial charge in [-0.3, -0.25) is 9.48 Å². The van der Waals surface area contributed by atoms with Crippen LogP contribution >= 0.6 is 15.9 Å². The second-order valence-electron chi connectivity index (χ2n) is 6.91. The normalized spacial score (nSPS) is 17.3. The fraction of sp³-hybridized carbons (Fsp3) is 0.368. The molecule has 1 atom stereocenters. The predicted octanol–water partition coefficient (Wildman–Crippen LogP) is 2.83. The number of aromatic nitrogens is 4. The van der Waals surface area contributed by atoms with Crippen LogP contribution in [0.25, 0.3) is 10.9 Å². The number of rotatable bonds is 3. The summed E-state index contributed by atoms with van der Waals surface area (Å²) < 4.78 is 2.71. The third kappa shape index (κ3) is 3.66. The molecule has 140 valence electrons. The van der Waals surface area contributed by atoms with Gasteiger partial charge in [0.25, 0.3) is 5.91 Å². The van der Waals surface area contributed by atoms with Gasteiger partial charge in [-0.25, -0.2) is 9.97 Å². The van der Waals surface area contributed by atoms with Gasteiger partial charge in [-0.2, -0.15) is 5.10 Å². The van der Waals surface area contributed by atoms with Gasteiger partial charge in [-0.1, -0.05) is 15.9 Å². The second kappa shape index (κ2) is 7.26. The first kappa shape index (κ1) is 17.9. The molecule has 1 amide bonds. The number of amides is 1. The van der Waals surface area contributed by atoms with Crippen LogP contribution in [0, 0.1) is 6.92 Å². The maximum atomic E-state index is 12.5. The summed E-state index contributed by atoms with van der Waals surface area (Å²) in [7, 11) is 1.84. The minimum atomic E-state index is -0.124. The number of hydrogen-bond donors (Lipinski definition) is 1. The minimum Gasteiger partial charge on any atom is -0.354 e. The van der Waals surface area contributed by atoms with Crippen molar-refractivity contribution in [2.75, 3.05) is 18.0 Å². The van der Waals surface area contributed by atoms with Crippen molar-refractivity contribution in [3.05, 3.63) is 46.5 Å². The molecule has 0 spiro atoms. The van der Waals surface area contributed by atoms with Gasteiger partial charge in [-0.05, 0) is 44.0 Å². The molecule has 4 rings (SSSR count). The summed E-state index contributed by atoms with van der Waals surface area (Å²) in [5.41, 5.74) is 2.34. The number of hydrogen-bond acceptors (Lipinski definition) is 5. The molecule has 3 heterocycles. The van der Waals surface area contributed by atoms with Gasteiger partial charge in [0.05, 0.1) is 5.52 Å². The third-order valence-electron chi connectivity index (χ3n) is 4.98. The fourth-order valence-corrected chi connectivity index (χ4v) is 3.85. The van der Waals surface area contributed by atoms with Gasteiger partial charge >= 0.3 is 0 Å². The van der Waals surface area contributed by atoms with Gasteiger partial charge in [0.1, 0.15) is 17.8 Å². The number of carbonyl (C=O) groups excluding carboxylic acids is 1. The van der Waals surface area contributed by atoms with Crippen molar-refractivity contribution >= 4 is 38.6 Å². The Morgan fingerprint density at radius 3 is 2.93 bits per heavy atom. The first-order chi connectivity index (χ1) is 13.0. The first-order valence-corrected chi connectivity index (χ1v) is 9.77. The molecule has 8 heteroatoms. The standard InChI is InChI=1S/C19H21BrN6O/c1-12-8-17(24-25(12)2)19(27)23-14-4-3-7-26(10-14)18-15-9-13(20)5-6-16(15)21-11-22-18/h5-6,8-9,11,14H,3-4,7,10H2,1-2H3,(H,23,27). The molecule has 7 nitrogen and oxygen atoms in total. The van der Waals surface area contributed by atoms with E-state index in [2.05, 4.69) is 41.2 Å². The van der Waals surface area contributed by atoms with E-state index in [0.29, 0.717) is 5.69 Å². The largest absolute Gasteiger partial charge is 0.354 e. The fourth-order valence-electron chi connectivity index (χ4n) is 3.49. The van der Waals surface area contributed by atoms with Crippen molar-refractivity contribution in [3.63, 3.8) is 0 Å². The van der Waals surface area contributed by atoms with E-state index in [1.165, 1.54) is 0 Å². The molecule has 3 aromatic rings. The van der Waals surface area contributed by atoms with Crippen LogP contribution < -0.4 is 10.2 Å². The second-order valence-corrected chi connectivity index (χ2v) is 7.83. The van der Waals surface area contributed by atoms with Crippen molar-refractivity contribution in [3.8, 4) is 0 Å². The van der Waals surface area contributed by atoms with Crippen molar-refractivity contribution in [2.24, 2.45) is 7.05 Å². The number of piperidine rings is 1. The highest BCUT2D eigenvalue weighted by molar-refractivity contribution is 9.10. The van der Waals surface area contributed by atoms with Gasteiger partial charge in [-0.15, -0.1) is 0 Å². The number of fused-ring (bicyclic) bond motifs is 1.